The highest BCUT2D eigenvalue weighted by Crippen LogP contribution is 2.43. The minimum atomic E-state index is -1.08. The van der Waals surface area contributed by atoms with E-state index in [1.807, 2.05) is 0 Å². The quantitative estimate of drug-likeness (QED) is 0.279. The van der Waals surface area contributed by atoms with E-state index in [1.54, 1.807) is 6.92 Å². The number of ketones is 1. The number of aliphatic hydroxyl groups is 1. The van der Waals surface area contributed by atoms with Crippen molar-refractivity contribution in [3.05, 3.63) is 81.9 Å². The van der Waals surface area contributed by atoms with E-state index in [1.165, 1.54) is 55.9 Å². The fraction of sp³-hybridized carbons (Fsp3) is 0.136. The molecule has 1 saturated heterocycles. The summed E-state index contributed by atoms with van der Waals surface area (Å²) in [4.78, 5) is 47.6. The van der Waals surface area contributed by atoms with E-state index < -0.39 is 35.3 Å². The average molecular weight is 453 g/mol. The molecule has 8 nitrogen and oxygen atoms in total. The van der Waals surface area contributed by atoms with Crippen molar-refractivity contribution >= 4 is 39.9 Å². The molecular weight excluding hydrogens is 437 g/mol. The average Bonchev–Trinajstić information content (AvgIpc) is 3.31. The molecule has 0 bridgehead atoms. The number of pyridine rings is 1. The minimum Gasteiger partial charge on any atom is -0.507 e. The van der Waals surface area contributed by atoms with Crippen LogP contribution in [-0.4, -0.2) is 39.8 Å². The number of Topliss-reactive ketones (excluding diaryl/α,β-unsaturated/α-hetero) is 1. The van der Waals surface area contributed by atoms with Crippen LogP contribution in [-0.2, 0) is 14.3 Å². The molecule has 0 aliphatic carbocycles. The Morgan fingerprint density at radius 3 is 2.44 bits per heavy atom. The second kappa shape index (κ2) is 8.31. The number of thiazole rings is 1. The van der Waals surface area contributed by atoms with Gasteiger partial charge in [0.15, 0.2) is 5.13 Å². The number of esters is 1. The first-order chi connectivity index (χ1) is 15.3. The number of aryl methyl sites for hydroxylation is 1. The molecular formula is C22H16FN3O5S. The zero-order valence-electron chi connectivity index (χ0n) is 16.9. The number of halogens is 1. The lowest BCUT2D eigenvalue weighted by Gasteiger charge is -2.23. The second-order valence-corrected chi connectivity index (χ2v) is 7.84. The zero-order chi connectivity index (χ0) is 23.0. The van der Waals surface area contributed by atoms with Gasteiger partial charge in [-0.05, 0) is 36.8 Å². The number of ether oxygens (including phenoxy) is 1. The van der Waals surface area contributed by atoms with Gasteiger partial charge in [-0.15, -0.1) is 0 Å². The molecule has 3 heterocycles. The van der Waals surface area contributed by atoms with E-state index in [2.05, 4.69) is 9.97 Å². The number of benzene rings is 1. The first-order valence-electron chi connectivity index (χ1n) is 9.36. The normalized spacial score (nSPS) is 17.6. The third-order valence-electron chi connectivity index (χ3n) is 4.95. The molecule has 1 aliphatic heterocycles. The number of amides is 1. The highest BCUT2D eigenvalue weighted by atomic mass is 32.1. The lowest BCUT2D eigenvalue weighted by molar-refractivity contribution is -0.132. The number of hydrogen-bond donors (Lipinski definition) is 1. The van der Waals surface area contributed by atoms with E-state index in [0.29, 0.717) is 11.3 Å². The van der Waals surface area contributed by atoms with Crippen molar-refractivity contribution in [1.29, 1.82) is 0 Å². The number of carbonyl (C=O) groups is 3. The Kier molecular flexibility index (Phi) is 5.54. The molecule has 32 heavy (non-hydrogen) atoms. The van der Waals surface area contributed by atoms with Crippen LogP contribution in [0.5, 0.6) is 0 Å². The molecule has 1 aliphatic rings. The Morgan fingerprint density at radius 2 is 1.81 bits per heavy atom. The van der Waals surface area contributed by atoms with E-state index in [0.717, 1.165) is 16.2 Å². The molecule has 0 saturated carbocycles. The topological polar surface area (TPSA) is 110 Å². The van der Waals surface area contributed by atoms with Crippen LogP contribution in [0, 0.1) is 12.7 Å². The number of rotatable bonds is 4. The van der Waals surface area contributed by atoms with Gasteiger partial charge in [0.1, 0.15) is 16.5 Å². The predicted molar refractivity (Wildman–Crippen MR) is 114 cm³/mol. The van der Waals surface area contributed by atoms with Gasteiger partial charge in [-0.1, -0.05) is 23.5 Å². The molecule has 4 rings (SSSR count). The van der Waals surface area contributed by atoms with E-state index >= 15 is 0 Å². The van der Waals surface area contributed by atoms with Gasteiger partial charge in [0.25, 0.3) is 5.78 Å². The Bertz CT molecular complexity index is 1250. The Hall–Kier alpha value is -3.92. The van der Waals surface area contributed by atoms with Crippen molar-refractivity contribution in [3.63, 3.8) is 0 Å². The molecule has 1 aromatic carbocycles. The molecule has 10 heteroatoms. The van der Waals surface area contributed by atoms with Crippen LogP contribution in [0.4, 0.5) is 9.52 Å². The maximum atomic E-state index is 13.6. The molecule has 1 N–H and O–H groups in total. The summed E-state index contributed by atoms with van der Waals surface area (Å²) in [5.41, 5.74) is 0.815. The molecule has 0 radical (unpaired) electrons. The van der Waals surface area contributed by atoms with Crippen molar-refractivity contribution in [2.75, 3.05) is 12.0 Å². The maximum absolute atomic E-state index is 13.6. The zero-order valence-corrected chi connectivity index (χ0v) is 17.7. The summed E-state index contributed by atoms with van der Waals surface area (Å²) >= 11 is 0.885. The van der Waals surface area contributed by atoms with Crippen LogP contribution >= 0.6 is 11.3 Å². The van der Waals surface area contributed by atoms with Gasteiger partial charge in [0, 0.05) is 18.0 Å². The van der Waals surface area contributed by atoms with Crippen molar-refractivity contribution in [1.82, 2.24) is 9.97 Å². The van der Waals surface area contributed by atoms with E-state index in [4.69, 9.17) is 4.74 Å². The molecule has 1 amide bonds. The van der Waals surface area contributed by atoms with Crippen LogP contribution in [0.25, 0.3) is 5.76 Å². The SMILES string of the molecule is COC(=O)c1sc(N2C(=O)C(=O)C(=C(O)c3ccncc3)C2c2ccc(F)cc2)nc1C. The summed E-state index contributed by atoms with van der Waals surface area (Å²) in [6.45, 7) is 1.58. The van der Waals surface area contributed by atoms with Gasteiger partial charge in [-0.25, -0.2) is 14.2 Å². The van der Waals surface area contributed by atoms with Crippen LogP contribution in [0.3, 0.4) is 0 Å². The maximum Gasteiger partial charge on any atom is 0.350 e. The van der Waals surface area contributed by atoms with Gasteiger partial charge in [-0.3, -0.25) is 19.5 Å². The fourth-order valence-corrected chi connectivity index (χ4v) is 4.43. The van der Waals surface area contributed by atoms with E-state index in [9.17, 15) is 23.9 Å². The number of anilines is 1. The van der Waals surface area contributed by atoms with Crippen molar-refractivity contribution in [3.8, 4) is 0 Å². The summed E-state index contributed by atoms with van der Waals surface area (Å²) in [7, 11) is 1.22. The van der Waals surface area contributed by atoms with E-state index in [-0.39, 0.29) is 21.1 Å². The number of methoxy groups -OCH3 is 1. The number of aromatic nitrogens is 2. The molecule has 1 atom stereocenters. The monoisotopic (exact) mass is 453 g/mol. The first kappa shape index (κ1) is 21.3. The largest absolute Gasteiger partial charge is 0.507 e. The van der Waals surface area contributed by atoms with Crippen LogP contribution in [0.2, 0.25) is 0 Å². The smallest absolute Gasteiger partial charge is 0.350 e. The number of carbonyl (C=O) groups excluding carboxylic acids is 3. The second-order valence-electron chi connectivity index (χ2n) is 6.86. The Morgan fingerprint density at radius 1 is 1.16 bits per heavy atom. The molecule has 1 unspecified atom stereocenters. The minimum absolute atomic E-state index is 0.0769. The lowest BCUT2D eigenvalue weighted by atomic mass is 9.95. The van der Waals surface area contributed by atoms with Crippen LogP contribution in [0.1, 0.15) is 32.5 Å². The number of aliphatic hydroxyl groups excluding tert-OH is 1. The van der Waals surface area contributed by atoms with Crippen LogP contribution < -0.4 is 4.90 Å². The van der Waals surface area contributed by atoms with Crippen molar-refractivity contribution in [2.24, 2.45) is 0 Å². The summed E-state index contributed by atoms with van der Waals surface area (Å²) in [6, 6.07) is 7.12. The van der Waals surface area contributed by atoms with Gasteiger partial charge in [0.05, 0.1) is 24.4 Å². The summed E-state index contributed by atoms with van der Waals surface area (Å²) in [6.07, 6.45) is 2.87. The van der Waals surface area contributed by atoms with Gasteiger partial charge < -0.3 is 9.84 Å². The third-order valence-corrected chi connectivity index (χ3v) is 6.08. The molecule has 3 aromatic rings. The first-order valence-corrected chi connectivity index (χ1v) is 10.2. The number of nitrogens with zero attached hydrogens (tertiary/aromatic N) is 3. The van der Waals surface area contributed by atoms with Gasteiger partial charge in [-0.2, -0.15) is 0 Å². The van der Waals surface area contributed by atoms with Crippen molar-refractivity contribution in [2.45, 2.75) is 13.0 Å². The van der Waals surface area contributed by atoms with Crippen molar-refractivity contribution < 1.29 is 28.6 Å². The lowest BCUT2D eigenvalue weighted by Crippen LogP contribution is -2.29. The predicted octanol–water partition coefficient (Wildman–Crippen LogP) is 3.40. The highest BCUT2D eigenvalue weighted by Gasteiger charge is 2.48. The summed E-state index contributed by atoms with van der Waals surface area (Å²) in [5, 5.41) is 11.0. The van der Waals surface area contributed by atoms with Crippen LogP contribution in [0.15, 0.2) is 54.4 Å². The number of hydrogen-bond acceptors (Lipinski definition) is 8. The van der Waals surface area contributed by atoms with Gasteiger partial charge >= 0.3 is 11.9 Å². The molecule has 1 fully saturated rings. The molecule has 0 spiro atoms. The fourth-order valence-electron chi connectivity index (χ4n) is 3.42. The Balaban J connectivity index is 1.93. The third kappa shape index (κ3) is 3.54. The standard InChI is InChI=1S/C22H16FN3O5S/c1-11-19(21(30)31-2)32-22(25-11)26-16(12-3-5-14(23)6-4-12)15(18(28)20(26)29)17(27)13-7-9-24-10-8-13/h3-10,16,27H,1-2H3. The summed E-state index contributed by atoms with van der Waals surface area (Å²) < 4.78 is 18.3. The molecule has 2 aromatic heterocycles. The molecule has 162 valence electrons. The summed E-state index contributed by atoms with van der Waals surface area (Å²) in [5.74, 6) is -3.39. The highest BCUT2D eigenvalue weighted by molar-refractivity contribution is 7.17. The Labute approximate surface area is 185 Å². The van der Waals surface area contributed by atoms with Gasteiger partial charge in [0.2, 0.25) is 0 Å².